The summed E-state index contributed by atoms with van der Waals surface area (Å²) in [5, 5.41) is 2.85. The molecular formula is C20H24N4O4. The molecule has 0 atom stereocenters. The Hall–Kier alpha value is -2.71. The monoisotopic (exact) mass is 384 g/mol. The van der Waals surface area contributed by atoms with Gasteiger partial charge in [0.15, 0.2) is 5.79 Å². The third-order valence-corrected chi connectivity index (χ3v) is 4.96. The summed E-state index contributed by atoms with van der Waals surface area (Å²) >= 11 is 0. The predicted octanol–water partition coefficient (Wildman–Crippen LogP) is 2.47. The van der Waals surface area contributed by atoms with Gasteiger partial charge in [-0.2, -0.15) is 0 Å². The number of hydrogen-bond donors (Lipinski definition) is 1. The van der Waals surface area contributed by atoms with Gasteiger partial charge in [0.1, 0.15) is 5.75 Å². The Kier molecular flexibility index (Phi) is 5.40. The van der Waals surface area contributed by atoms with Crippen LogP contribution < -0.4 is 15.0 Å². The summed E-state index contributed by atoms with van der Waals surface area (Å²) in [6, 6.07) is 7.33. The van der Waals surface area contributed by atoms with Gasteiger partial charge in [0, 0.05) is 38.3 Å². The van der Waals surface area contributed by atoms with Crippen molar-refractivity contribution in [2.24, 2.45) is 0 Å². The van der Waals surface area contributed by atoms with Crippen molar-refractivity contribution < 1.29 is 19.0 Å². The summed E-state index contributed by atoms with van der Waals surface area (Å²) < 4.78 is 17.0. The van der Waals surface area contributed by atoms with Crippen molar-refractivity contribution in [2.45, 2.75) is 25.6 Å². The Morgan fingerprint density at radius 2 is 1.86 bits per heavy atom. The van der Waals surface area contributed by atoms with Crippen LogP contribution in [0.3, 0.4) is 0 Å². The zero-order valence-corrected chi connectivity index (χ0v) is 15.9. The molecule has 2 aliphatic heterocycles. The molecular weight excluding hydrogens is 360 g/mol. The van der Waals surface area contributed by atoms with Crippen molar-refractivity contribution >= 4 is 17.5 Å². The van der Waals surface area contributed by atoms with Crippen molar-refractivity contribution in [3.05, 3.63) is 42.2 Å². The number of nitrogens with one attached hydrogen (secondary N) is 1. The van der Waals surface area contributed by atoms with Crippen LogP contribution in [0.1, 0.15) is 30.1 Å². The largest absolute Gasteiger partial charge is 0.492 e. The van der Waals surface area contributed by atoms with Gasteiger partial charge in [-0.15, -0.1) is 0 Å². The van der Waals surface area contributed by atoms with Crippen molar-refractivity contribution in [3.63, 3.8) is 0 Å². The van der Waals surface area contributed by atoms with Crippen LogP contribution in [0, 0.1) is 0 Å². The van der Waals surface area contributed by atoms with E-state index in [0.717, 1.165) is 25.9 Å². The first-order chi connectivity index (χ1) is 13.7. The average Bonchev–Trinajstić information content (AvgIpc) is 3.18. The van der Waals surface area contributed by atoms with E-state index in [9.17, 15) is 4.79 Å². The van der Waals surface area contributed by atoms with Gasteiger partial charge in [-0.05, 0) is 19.1 Å². The standard InChI is InChI=1S/C20H24N4O4/c1-2-26-17-6-4-3-5-16(17)23-18(25)15-13-21-19(22-14-15)24-9-7-20(8-10-24)27-11-12-28-20/h3-6,13-14H,2,7-12H2,1H3,(H,23,25). The maximum absolute atomic E-state index is 12.5. The quantitative estimate of drug-likeness (QED) is 0.847. The lowest BCUT2D eigenvalue weighted by molar-refractivity contribution is -0.169. The summed E-state index contributed by atoms with van der Waals surface area (Å²) in [6.07, 6.45) is 4.67. The zero-order valence-electron chi connectivity index (χ0n) is 15.9. The van der Waals surface area contributed by atoms with E-state index in [1.807, 2.05) is 25.1 Å². The molecule has 8 heteroatoms. The minimum atomic E-state index is -0.426. The Bertz CT molecular complexity index is 811. The summed E-state index contributed by atoms with van der Waals surface area (Å²) in [4.78, 5) is 23.4. The maximum Gasteiger partial charge on any atom is 0.258 e. The molecule has 1 N–H and O–H groups in total. The second-order valence-electron chi connectivity index (χ2n) is 6.75. The Morgan fingerprint density at radius 3 is 2.54 bits per heavy atom. The number of carbonyl (C=O) groups is 1. The topological polar surface area (TPSA) is 85.8 Å². The molecule has 4 rings (SSSR count). The normalized spacial score (nSPS) is 18.2. The lowest BCUT2D eigenvalue weighted by Gasteiger charge is -2.37. The van der Waals surface area contributed by atoms with Crippen LogP contribution in [0.15, 0.2) is 36.7 Å². The Labute approximate surface area is 163 Å². The lowest BCUT2D eigenvalue weighted by Crippen LogP contribution is -2.45. The number of piperidine rings is 1. The van der Waals surface area contributed by atoms with Gasteiger partial charge < -0.3 is 24.4 Å². The number of ether oxygens (including phenoxy) is 3. The van der Waals surface area contributed by atoms with E-state index in [0.29, 0.717) is 42.8 Å². The van der Waals surface area contributed by atoms with E-state index >= 15 is 0 Å². The molecule has 1 aromatic carbocycles. The first-order valence-electron chi connectivity index (χ1n) is 9.57. The number of anilines is 2. The number of hydrogen-bond acceptors (Lipinski definition) is 7. The average molecular weight is 384 g/mol. The van der Waals surface area contributed by atoms with Gasteiger partial charge in [0.25, 0.3) is 5.91 Å². The van der Waals surface area contributed by atoms with E-state index in [4.69, 9.17) is 14.2 Å². The predicted molar refractivity (Wildman–Crippen MR) is 104 cm³/mol. The number of para-hydroxylation sites is 2. The third kappa shape index (κ3) is 3.93. The molecule has 1 aromatic heterocycles. The van der Waals surface area contributed by atoms with Crippen LogP contribution in [0.5, 0.6) is 5.75 Å². The van der Waals surface area contributed by atoms with Gasteiger partial charge in [0.2, 0.25) is 5.95 Å². The Morgan fingerprint density at radius 1 is 1.18 bits per heavy atom. The molecule has 0 bridgehead atoms. The van der Waals surface area contributed by atoms with E-state index in [2.05, 4.69) is 20.2 Å². The summed E-state index contributed by atoms with van der Waals surface area (Å²) in [5.74, 6) is 0.544. The summed E-state index contributed by atoms with van der Waals surface area (Å²) in [6.45, 7) is 5.26. The molecule has 28 heavy (non-hydrogen) atoms. The van der Waals surface area contributed by atoms with Crippen LogP contribution in [0.2, 0.25) is 0 Å². The van der Waals surface area contributed by atoms with Gasteiger partial charge in [-0.3, -0.25) is 4.79 Å². The minimum Gasteiger partial charge on any atom is -0.492 e. The molecule has 3 heterocycles. The first kappa shape index (κ1) is 18.6. The first-order valence-corrected chi connectivity index (χ1v) is 9.57. The van der Waals surface area contributed by atoms with E-state index in [1.54, 1.807) is 18.5 Å². The van der Waals surface area contributed by atoms with Crippen molar-refractivity contribution in [1.29, 1.82) is 0 Å². The van der Waals surface area contributed by atoms with E-state index < -0.39 is 5.79 Å². The van der Waals surface area contributed by atoms with Crippen LogP contribution in [-0.2, 0) is 9.47 Å². The highest BCUT2D eigenvalue weighted by atomic mass is 16.7. The molecule has 8 nitrogen and oxygen atoms in total. The number of rotatable bonds is 5. The highest BCUT2D eigenvalue weighted by Gasteiger charge is 2.40. The molecule has 2 aromatic rings. The summed E-state index contributed by atoms with van der Waals surface area (Å²) in [7, 11) is 0. The van der Waals surface area contributed by atoms with Gasteiger partial charge >= 0.3 is 0 Å². The second-order valence-corrected chi connectivity index (χ2v) is 6.75. The van der Waals surface area contributed by atoms with E-state index in [1.165, 1.54) is 0 Å². The van der Waals surface area contributed by atoms with E-state index in [-0.39, 0.29) is 5.91 Å². The fourth-order valence-electron chi connectivity index (χ4n) is 3.48. The molecule has 0 aliphatic carbocycles. The van der Waals surface area contributed by atoms with Gasteiger partial charge in [0.05, 0.1) is 31.1 Å². The smallest absolute Gasteiger partial charge is 0.258 e. The SMILES string of the molecule is CCOc1ccccc1NC(=O)c1cnc(N2CCC3(CC2)OCCO3)nc1. The number of amides is 1. The highest BCUT2D eigenvalue weighted by Crippen LogP contribution is 2.32. The number of nitrogens with zero attached hydrogens (tertiary/aromatic N) is 3. The van der Waals surface area contributed by atoms with Crippen LogP contribution in [0.4, 0.5) is 11.6 Å². The molecule has 0 saturated carbocycles. The minimum absolute atomic E-state index is 0.274. The summed E-state index contributed by atoms with van der Waals surface area (Å²) in [5.41, 5.74) is 1.02. The highest BCUT2D eigenvalue weighted by molar-refractivity contribution is 6.04. The molecule has 148 valence electrons. The van der Waals surface area contributed by atoms with Crippen LogP contribution in [-0.4, -0.2) is 54.6 Å². The third-order valence-electron chi connectivity index (χ3n) is 4.96. The molecule has 0 unspecified atom stereocenters. The van der Waals surface area contributed by atoms with Crippen LogP contribution in [0.25, 0.3) is 0 Å². The number of benzene rings is 1. The number of aromatic nitrogens is 2. The van der Waals surface area contributed by atoms with Crippen molar-refractivity contribution in [1.82, 2.24) is 9.97 Å². The molecule has 1 spiro atoms. The molecule has 0 radical (unpaired) electrons. The van der Waals surface area contributed by atoms with Crippen LogP contribution >= 0.6 is 0 Å². The molecule has 1 amide bonds. The number of carbonyl (C=O) groups excluding carboxylic acids is 1. The van der Waals surface area contributed by atoms with Gasteiger partial charge in [-0.1, -0.05) is 12.1 Å². The maximum atomic E-state index is 12.5. The van der Waals surface area contributed by atoms with Crippen molar-refractivity contribution in [3.8, 4) is 5.75 Å². The van der Waals surface area contributed by atoms with Gasteiger partial charge in [-0.25, -0.2) is 9.97 Å². The fourth-order valence-corrected chi connectivity index (χ4v) is 3.48. The molecule has 2 saturated heterocycles. The fraction of sp³-hybridized carbons (Fsp3) is 0.450. The Balaban J connectivity index is 1.39. The molecule has 2 aliphatic rings. The second kappa shape index (κ2) is 8.12. The zero-order chi connectivity index (χ0) is 19.4. The lowest BCUT2D eigenvalue weighted by atomic mass is 10.0. The van der Waals surface area contributed by atoms with Crippen molar-refractivity contribution in [2.75, 3.05) is 43.1 Å². The molecule has 2 fully saturated rings.